The predicted octanol–water partition coefficient (Wildman–Crippen LogP) is 6.17. The van der Waals surface area contributed by atoms with E-state index in [9.17, 15) is 0 Å². The van der Waals surface area contributed by atoms with Gasteiger partial charge in [-0.05, 0) is 34.5 Å². The molecule has 0 amide bonds. The Bertz CT molecular complexity index is 1370. The van der Waals surface area contributed by atoms with Crippen LogP contribution in [0.2, 0.25) is 10.0 Å². The molecular weight excluding hydrogens is 475 g/mol. The highest BCUT2D eigenvalue weighted by molar-refractivity contribution is 7.98. The number of aromatic nitrogens is 6. The van der Waals surface area contributed by atoms with Gasteiger partial charge in [-0.25, -0.2) is 4.68 Å². The summed E-state index contributed by atoms with van der Waals surface area (Å²) in [6.07, 6.45) is 1.74. The molecular formula is C24H18Cl2N6S. The predicted molar refractivity (Wildman–Crippen MR) is 132 cm³/mol. The molecule has 164 valence electrons. The van der Waals surface area contributed by atoms with Gasteiger partial charge in [0.25, 0.3) is 0 Å². The van der Waals surface area contributed by atoms with E-state index in [4.69, 9.17) is 23.2 Å². The van der Waals surface area contributed by atoms with E-state index in [0.29, 0.717) is 28.1 Å². The largest absolute Gasteiger partial charge is 0.225 e. The maximum absolute atomic E-state index is 6.49. The molecule has 0 radical (unpaired) electrons. The minimum atomic E-state index is 0.505. The van der Waals surface area contributed by atoms with Crippen LogP contribution >= 0.6 is 35.0 Å². The molecule has 0 unspecified atom stereocenters. The van der Waals surface area contributed by atoms with E-state index in [1.54, 1.807) is 45.6 Å². The van der Waals surface area contributed by atoms with Crippen LogP contribution in [0.25, 0.3) is 17.1 Å². The van der Waals surface area contributed by atoms with Crippen molar-refractivity contribution in [2.24, 2.45) is 0 Å². The Hall–Kier alpha value is -3.13. The summed E-state index contributed by atoms with van der Waals surface area (Å²) >= 11 is 14.4. The average molecular weight is 493 g/mol. The lowest BCUT2D eigenvalue weighted by Gasteiger charge is -2.10. The second-order valence-corrected chi connectivity index (χ2v) is 9.08. The Morgan fingerprint density at radius 1 is 0.848 bits per heavy atom. The first kappa shape index (κ1) is 21.7. The summed E-state index contributed by atoms with van der Waals surface area (Å²) < 4.78 is 1.79. The van der Waals surface area contributed by atoms with Crippen LogP contribution < -0.4 is 0 Å². The lowest BCUT2D eigenvalue weighted by molar-refractivity contribution is 0.573. The van der Waals surface area contributed by atoms with Gasteiger partial charge >= 0.3 is 0 Å². The minimum absolute atomic E-state index is 0.505. The standard InChI is InChI=1S/C24H18Cl2N6S/c25-19-11-12-21(26)22(13-19)32-24(33-16-18-9-5-2-6-10-18)20(14-27-32)23-28-30-31(29-23)15-17-7-3-1-4-8-17/h1-14H,15-16H2. The van der Waals surface area contributed by atoms with Crippen LogP contribution in [0.5, 0.6) is 0 Å². The van der Waals surface area contributed by atoms with Gasteiger partial charge < -0.3 is 0 Å². The zero-order valence-corrected chi connectivity index (χ0v) is 19.7. The van der Waals surface area contributed by atoms with Crippen molar-refractivity contribution in [3.05, 3.63) is 106 Å². The van der Waals surface area contributed by atoms with Gasteiger partial charge in [-0.3, -0.25) is 0 Å². The van der Waals surface area contributed by atoms with Gasteiger partial charge in [0.15, 0.2) is 0 Å². The summed E-state index contributed by atoms with van der Waals surface area (Å²) in [5, 5.41) is 19.8. The molecule has 0 saturated heterocycles. The molecule has 2 heterocycles. The number of hydrogen-bond donors (Lipinski definition) is 0. The van der Waals surface area contributed by atoms with Crippen molar-refractivity contribution in [2.45, 2.75) is 17.3 Å². The normalized spacial score (nSPS) is 11.1. The van der Waals surface area contributed by atoms with E-state index in [1.807, 2.05) is 48.5 Å². The van der Waals surface area contributed by atoms with Gasteiger partial charge in [-0.2, -0.15) is 9.90 Å². The molecule has 0 atom stereocenters. The van der Waals surface area contributed by atoms with Crippen LogP contribution in [0.4, 0.5) is 0 Å². The topological polar surface area (TPSA) is 61.4 Å². The Morgan fingerprint density at radius 2 is 1.58 bits per heavy atom. The first-order valence-corrected chi connectivity index (χ1v) is 11.9. The molecule has 5 rings (SSSR count). The van der Waals surface area contributed by atoms with Crippen LogP contribution in [-0.4, -0.2) is 30.0 Å². The fourth-order valence-electron chi connectivity index (χ4n) is 3.34. The zero-order chi connectivity index (χ0) is 22.6. The summed E-state index contributed by atoms with van der Waals surface area (Å²) in [6.45, 7) is 0.536. The lowest BCUT2D eigenvalue weighted by Crippen LogP contribution is -2.03. The molecule has 33 heavy (non-hydrogen) atoms. The molecule has 3 aromatic carbocycles. The molecule has 2 aromatic heterocycles. The third kappa shape index (κ3) is 4.95. The van der Waals surface area contributed by atoms with E-state index in [1.165, 1.54) is 5.56 Å². The Labute approximate surface area is 205 Å². The highest BCUT2D eigenvalue weighted by Crippen LogP contribution is 2.35. The summed E-state index contributed by atoms with van der Waals surface area (Å²) in [5.74, 6) is 1.25. The lowest BCUT2D eigenvalue weighted by atomic mass is 10.2. The second kappa shape index (κ2) is 9.79. The average Bonchev–Trinajstić information content (AvgIpc) is 3.47. The van der Waals surface area contributed by atoms with Crippen LogP contribution in [0, 0.1) is 0 Å². The molecule has 0 spiro atoms. The molecule has 0 bridgehead atoms. The maximum Gasteiger partial charge on any atom is 0.209 e. The number of rotatable bonds is 7. The molecule has 9 heteroatoms. The monoisotopic (exact) mass is 492 g/mol. The molecule has 0 aliphatic carbocycles. The van der Waals surface area contributed by atoms with E-state index in [-0.39, 0.29) is 0 Å². The number of hydrogen-bond acceptors (Lipinski definition) is 5. The van der Waals surface area contributed by atoms with Crippen molar-refractivity contribution >= 4 is 35.0 Å². The third-order valence-corrected chi connectivity index (χ3v) is 6.64. The first-order chi connectivity index (χ1) is 16.2. The van der Waals surface area contributed by atoms with E-state index in [0.717, 1.165) is 21.9 Å². The highest BCUT2D eigenvalue weighted by Gasteiger charge is 2.20. The van der Waals surface area contributed by atoms with Gasteiger partial charge in [0.1, 0.15) is 5.03 Å². The summed E-state index contributed by atoms with van der Waals surface area (Å²) in [4.78, 5) is 1.58. The van der Waals surface area contributed by atoms with Crippen molar-refractivity contribution in [2.75, 3.05) is 0 Å². The number of thioether (sulfide) groups is 1. The van der Waals surface area contributed by atoms with Gasteiger partial charge in [0, 0.05) is 10.8 Å². The first-order valence-electron chi connectivity index (χ1n) is 10.2. The fourth-order valence-corrected chi connectivity index (χ4v) is 4.77. The fraction of sp³-hybridized carbons (Fsp3) is 0.0833. The molecule has 0 fully saturated rings. The van der Waals surface area contributed by atoms with Crippen molar-refractivity contribution in [3.8, 4) is 17.1 Å². The van der Waals surface area contributed by atoms with Crippen LogP contribution in [0.15, 0.2) is 90.1 Å². The molecule has 6 nitrogen and oxygen atoms in total. The SMILES string of the molecule is Clc1ccc(Cl)c(-n2ncc(-c3nnn(Cc4ccccc4)n3)c2SCc2ccccc2)c1. The van der Waals surface area contributed by atoms with Crippen LogP contribution in [0.3, 0.4) is 0 Å². The number of tetrazole rings is 1. The summed E-state index contributed by atoms with van der Waals surface area (Å²) in [7, 11) is 0. The van der Waals surface area contributed by atoms with Crippen molar-refractivity contribution in [3.63, 3.8) is 0 Å². The molecule has 5 aromatic rings. The van der Waals surface area contributed by atoms with Gasteiger partial charge in [0.2, 0.25) is 5.82 Å². The summed E-state index contributed by atoms with van der Waals surface area (Å²) in [6, 6.07) is 25.6. The maximum atomic E-state index is 6.49. The smallest absolute Gasteiger partial charge is 0.209 e. The Morgan fingerprint density at radius 3 is 2.33 bits per heavy atom. The van der Waals surface area contributed by atoms with Gasteiger partial charge in [-0.15, -0.1) is 22.0 Å². The molecule has 0 aliphatic heterocycles. The van der Waals surface area contributed by atoms with Crippen molar-refractivity contribution in [1.82, 2.24) is 30.0 Å². The van der Waals surface area contributed by atoms with Crippen LogP contribution in [0.1, 0.15) is 11.1 Å². The minimum Gasteiger partial charge on any atom is -0.225 e. The van der Waals surface area contributed by atoms with Gasteiger partial charge in [0.05, 0.1) is 29.0 Å². The van der Waals surface area contributed by atoms with Crippen molar-refractivity contribution in [1.29, 1.82) is 0 Å². The Balaban J connectivity index is 1.52. The third-order valence-electron chi connectivity index (χ3n) is 4.94. The number of nitrogens with zero attached hydrogens (tertiary/aromatic N) is 6. The number of halogens is 2. The van der Waals surface area contributed by atoms with Crippen molar-refractivity contribution < 1.29 is 0 Å². The Kier molecular flexibility index (Phi) is 6.44. The quantitative estimate of drug-likeness (QED) is 0.254. The second-order valence-electron chi connectivity index (χ2n) is 7.27. The zero-order valence-electron chi connectivity index (χ0n) is 17.3. The molecule has 0 saturated carbocycles. The van der Waals surface area contributed by atoms with E-state index >= 15 is 0 Å². The highest BCUT2D eigenvalue weighted by atomic mass is 35.5. The van der Waals surface area contributed by atoms with E-state index < -0.39 is 0 Å². The molecule has 0 aliphatic rings. The summed E-state index contributed by atoms with van der Waals surface area (Å²) in [5.41, 5.74) is 3.77. The van der Waals surface area contributed by atoms with Crippen LogP contribution in [-0.2, 0) is 12.3 Å². The number of benzene rings is 3. The molecule has 0 N–H and O–H groups in total. The van der Waals surface area contributed by atoms with Gasteiger partial charge in [-0.1, -0.05) is 83.9 Å². The van der Waals surface area contributed by atoms with E-state index in [2.05, 4.69) is 32.6 Å².